The highest BCUT2D eigenvalue weighted by molar-refractivity contribution is 9.10. The monoisotopic (exact) mass is 2110 g/mol. The molecular formula is C107H110Br2Cl2F5N11O15. The van der Waals surface area contributed by atoms with E-state index in [-0.39, 0.29) is 36.9 Å². The summed E-state index contributed by atoms with van der Waals surface area (Å²) in [6.07, 6.45) is -3.15. The number of carbonyl (C=O) groups excluding carboxylic acids is 7. The number of nitrogens with one attached hydrogen (secondary N) is 4. The van der Waals surface area contributed by atoms with Gasteiger partial charge in [-0.1, -0.05) is 111 Å². The minimum atomic E-state index is -4.47. The third-order valence-electron chi connectivity index (χ3n) is 25.7. The second-order valence-electron chi connectivity index (χ2n) is 37.2. The fraction of sp³-hybridized carbons (Fsp3) is 0.355. The van der Waals surface area contributed by atoms with Gasteiger partial charge >= 0.3 is 42.6 Å². The molecule has 0 bridgehead atoms. The van der Waals surface area contributed by atoms with Crippen LogP contribution >= 0.6 is 55.1 Å². The number of carbonyl (C=O) groups is 7. The third-order valence-corrected chi connectivity index (χ3v) is 27.2. The van der Waals surface area contributed by atoms with Gasteiger partial charge in [0, 0.05) is 157 Å². The Labute approximate surface area is 844 Å². The maximum atomic E-state index is 13.4. The van der Waals surface area contributed by atoms with Gasteiger partial charge < -0.3 is 67.6 Å². The molecule has 6 aliphatic heterocycles. The number of benzene rings is 9. The molecule has 0 radical (unpaired) electrons. The number of esters is 1. The average molecular weight is 2120 g/mol. The largest absolute Gasteiger partial charge is 0.491 e. The molecule has 746 valence electrons. The van der Waals surface area contributed by atoms with Crippen LogP contribution in [-0.4, -0.2) is 219 Å². The van der Waals surface area contributed by atoms with E-state index < -0.39 is 89.9 Å². The standard InChI is InChI=1S/C32H38ClN3O6.C27H31BrN4O3.C25H17BrF4N2O2.C23H24ClFN2O4/c1-31(2,3)41-29(38)35-16-7-8-25(35)28(37)40-21-12-9-19(10-13-21)27-26-22(23-18-20(33)11-14-24(23)34-26)15-17-36(27)30(39)42-32(4,5)6;1-3-30-13-15-31(16-14-30)26(33)19-7-5-18(6-8-19)25-24-21(11-12-32(25)27(34)35-4-2)22-17-20(28)9-10-23(22)29-24;26-16-5-10-21-20(13-16)19-11-12-32(24(33)34-18-8-6-17(27)7-9-18)23(22(19)31-21)14-1-3-15(4-2-14)25(28,29)30;1-29-12-13-30-17-5-2-15(3-6-17)22-21-18(8-10-27(22)23(28)31-11-9-25)19-14-16(24)4-7-20(19)26-21/h9-14,18,25,27,34H,7-8,15-17H2,1-6H3;5-10,17,25,29H,3-4,11-16H2,1-2H3;1-10,13,23,31H,11-12H2;2-7,14,22,26H,8-13H2,1H3. The van der Waals surface area contributed by atoms with Gasteiger partial charge in [-0.05, 0) is 284 Å². The number of ether oxygens (including phenoxy) is 8. The Morgan fingerprint density at radius 2 is 0.824 bits per heavy atom. The summed E-state index contributed by atoms with van der Waals surface area (Å²) in [6.45, 7) is 21.7. The number of fused-ring (bicyclic) bond motifs is 12. The molecule has 4 aromatic heterocycles. The molecular weight excluding hydrogens is 2000 g/mol. The van der Waals surface area contributed by atoms with Gasteiger partial charge in [-0.3, -0.25) is 29.3 Å². The first-order chi connectivity index (χ1) is 68.0. The van der Waals surface area contributed by atoms with Crippen LogP contribution in [0.1, 0.15) is 176 Å². The zero-order valence-electron chi connectivity index (χ0n) is 79.9. The molecule has 19 rings (SSSR count). The van der Waals surface area contributed by atoms with Crippen molar-refractivity contribution in [1.29, 1.82) is 0 Å². The number of methoxy groups -OCH3 is 1. The molecule has 5 unspecified atom stereocenters. The van der Waals surface area contributed by atoms with Crippen molar-refractivity contribution in [3.05, 3.63) is 297 Å². The molecule has 13 aromatic rings. The van der Waals surface area contributed by atoms with Gasteiger partial charge in [-0.15, -0.1) is 0 Å². The van der Waals surface area contributed by atoms with E-state index >= 15 is 0 Å². The number of rotatable bonds is 16. The number of hydrogen-bond donors (Lipinski definition) is 4. The summed E-state index contributed by atoms with van der Waals surface area (Å²) in [5, 5.41) is 5.53. The molecule has 10 heterocycles. The SMILES string of the molecule is CC(C)(C)OC(=O)N1CCCC1C(=O)Oc1ccc(C2c3[nH]c4ccc(Cl)cc4c3CCN2C(=O)OC(C)(C)C)cc1.CCOC(=O)N1CCc2c([nH]c3ccc(Br)cc23)C1c1ccc(C(=O)N2CCN(CC)CC2)cc1.COCCOc1ccc(C2c3[nH]c4ccc(Cl)cc4c3CCN2C(=O)OCCF)cc1.O=C(Oc1ccc(F)cc1)N1CCc2c([nH]c3ccc(Br)cc23)C1c1ccc(C(F)(F)F)cc1. The Balaban J connectivity index is 0.000000137. The first kappa shape index (κ1) is 102. The van der Waals surface area contributed by atoms with E-state index in [1.165, 1.54) is 57.1 Å². The van der Waals surface area contributed by atoms with Crippen LogP contribution in [0.5, 0.6) is 17.2 Å². The minimum Gasteiger partial charge on any atom is -0.491 e. The third kappa shape index (κ3) is 23.3. The zero-order valence-corrected chi connectivity index (χ0v) is 84.6. The van der Waals surface area contributed by atoms with E-state index in [9.17, 15) is 55.5 Å². The van der Waals surface area contributed by atoms with Crippen molar-refractivity contribution in [3.8, 4) is 17.2 Å². The Morgan fingerprint density at radius 1 is 0.430 bits per heavy atom. The minimum absolute atomic E-state index is 0.0642. The first-order valence-corrected chi connectivity index (χ1v) is 49.5. The lowest BCUT2D eigenvalue weighted by Crippen LogP contribution is -2.48. The summed E-state index contributed by atoms with van der Waals surface area (Å²) < 4.78 is 111. The topological polar surface area (TPSA) is 279 Å². The van der Waals surface area contributed by atoms with Crippen molar-refractivity contribution in [2.24, 2.45) is 0 Å². The number of aromatic amines is 4. The highest BCUT2D eigenvalue weighted by Gasteiger charge is 2.44. The molecule has 2 saturated heterocycles. The molecule has 0 spiro atoms. The van der Waals surface area contributed by atoms with Gasteiger partial charge in [-0.2, -0.15) is 13.2 Å². The normalized spacial score (nSPS) is 17.4. The fourth-order valence-electron chi connectivity index (χ4n) is 19.2. The van der Waals surface area contributed by atoms with Gasteiger partial charge in [-0.25, -0.2) is 37.5 Å². The number of halogens is 9. The molecule has 5 atom stereocenters. The predicted octanol–water partition coefficient (Wildman–Crippen LogP) is 24.0. The lowest BCUT2D eigenvalue weighted by Gasteiger charge is -2.37. The highest BCUT2D eigenvalue weighted by Crippen LogP contribution is 2.47. The number of piperazine rings is 1. The number of hydrogen-bond acceptors (Lipinski definition) is 16. The molecule has 142 heavy (non-hydrogen) atoms. The van der Waals surface area contributed by atoms with Crippen molar-refractivity contribution in [1.82, 2.24) is 54.2 Å². The van der Waals surface area contributed by atoms with E-state index in [0.29, 0.717) is 111 Å². The number of alkyl halides is 4. The molecule has 9 aromatic carbocycles. The van der Waals surface area contributed by atoms with Crippen LogP contribution in [0.3, 0.4) is 0 Å². The molecule has 6 amide bonds. The summed E-state index contributed by atoms with van der Waals surface area (Å²) in [4.78, 5) is 117. The Hall–Kier alpha value is -12.7. The van der Waals surface area contributed by atoms with Gasteiger partial charge in [0.05, 0.1) is 18.8 Å². The molecule has 35 heteroatoms. The fourth-order valence-corrected chi connectivity index (χ4v) is 20.2. The maximum Gasteiger partial charge on any atom is 0.416 e. The Morgan fingerprint density at radius 3 is 1.25 bits per heavy atom. The summed E-state index contributed by atoms with van der Waals surface area (Å²) in [7, 11) is 1.62. The van der Waals surface area contributed by atoms with Gasteiger partial charge in [0.1, 0.15) is 84.4 Å². The Bertz CT molecular complexity index is 6760. The van der Waals surface area contributed by atoms with Gasteiger partial charge in [0.25, 0.3) is 5.91 Å². The van der Waals surface area contributed by atoms with Crippen LogP contribution in [0.15, 0.2) is 203 Å². The number of H-pyrrole nitrogens is 4. The summed E-state index contributed by atoms with van der Waals surface area (Å²) >= 11 is 19.6. The van der Waals surface area contributed by atoms with Crippen molar-refractivity contribution in [2.75, 3.05) is 106 Å². The quantitative estimate of drug-likeness (QED) is 0.0230. The molecule has 4 N–H and O–H groups in total. The van der Waals surface area contributed by atoms with Crippen molar-refractivity contribution >= 4 is 141 Å². The number of amides is 6. The lowest BCUT2D eigenvalue weighted by molar-refractivity contribution is -0.139. The van der Waals surface area contributed by atoms with Crippen molar-refractivity contribution in [2.45, 2.75) is 142 Å². The molecule has 6 aliphatic rings. The number of likely N-dealkylation sites (N-methyl/N-ethyl adjacent to an activating group) is 1. The van der Waals surface area contributed by atoms with E-state index in [1.54, 1.807) is 54.7 Å². The predicted molar refractivity (Wildman–Crippen MR) is 538 cm³/mol. The summed E-state index contributed by atoms with van der Waals surface area (Å²) in [6, 6.07) is 53.1. The number of aromatic nitrogens is 4. The van der Waals surface area contributed by atoms with Crippen LogP contribution in [0.2, 0.25) is 10.0 Å². The lowest BCUT2D eigenvalue weighted by atomic mass is 9.92. The second-order valence-corrected chi connectivity index (χ2v) is 39.9. The van der Waals surface area contributed by atoms with Crippen LogP contribution in [0.4, 0.5) is 45.9 Å². The van der Waals surface area contributed by atoms with Gasteiger partial charge in [0.2, 0.25) is 0 Å². The molecule has 2 fully saturated rings. The second kappa shape index (κ2) is 44.1. The average Bonchev–Trinajstić information content (AvgIpc) is 1.61. The maximum absolute atomic E-state index is 13.4. The van der Waals surface area contributed by atoms with Crippen LogP contribution < -0.4 is 14.2 Å². The van der Waals surface area contributed by atoms with Crippen LogP contribution in [-0.2, 0) is 60.3 Å². The molecule has 26 nitrogen and oxygen atoms in total. The molecule has 0 saturated carbocycles. The van der Waals surface area contributed by atoms with Gasteiger partial charge in [0.15, 0.2) is 0 Å². The van der Waals surface area contributed by atoms with Crippen molar-refractivity contribution < 1.29 is 93.4 Å². The first-order valence-electron chi connectivity index (χ1n) is 47.2. The number of likely N-dealkylation sites (tertiary alicyclic amines) is 1. The summed E-state index contributed by atoms with van der Waals surface area (Å²) in [5.74, 6) is 0.330. The van der Waals surface area contributed by atoms with Crippen LogP contribution in [0, 0.1) is 5.82 Å². The van der Waals surface area contributed by atoms with E-state index in [4.69, 9.17) is 61.1 Å². The van der Waals surface area contributed by atoms with Crippen LogP contribution in [0.25, 0.3) is 43.6 Å². The Kier molecular flexibility index (Phi) is 31.7. The highest BCUT2D eigenvalue weighted by atomic mass is 79.9. The van der Waals surface area contributed by atoms with Crippen molar-refractivity contribution in [3.63, 3.8) is 0 Å². The van der Waals surface area contributed by atoms with E-state index in [0.717, 1.165) is 155 Å². The molecule has 0 aliphatic carbocycles. The smallest absolute Gasteiger partial charge is 0.416 e. The zero-order chi connectivity index (χ0) is 101. The van der Waals surface area contributed by atoms with E-state index in [2.05, 4.69) is 75.8 Å². The summed E-state index contributed by atoms with van der Waals surface area (Å²) in [5.41, 5.74) is 13.6. The van der Waals surface area contributed by atoms with E-state index in [1.807, 2.05) is 154 Å². The number of nitrogens with zero attached hydrogens (tertiary/aromatic N) is 7.